The Balaban J connectivity index is 1.47. The number of hydrogen-bond donors (Lipinski definition) is 0. The van der Waals surface area contributed by atoms with Crippen LogP contribution in [0.25, 0.3) is 0 Å². The van der Waals surface area contributed by atoms with Crippen LogP contribution in [0.2, 0.25) is 0 Å². The average Bonchev–Trinajstić information content (AvgIpc) is 2.91. The molecule has 0 aromatic carbocycles. The van der Waals surface area contributed by atoms with E-state index >= 15 is 0 Å². The third-order valence-corrected chi connectivity index (χ3v) is 5.51. The number of likely N-dealkylation sites (tertiary alicyclic amines) is 1. The third-order valence-electron chi connectivity index (χ3n) is 4.45. The summed E-state index contributed by atoms with van der Waals surface area (Å²) in [6, 6.07) is 0.248. The highest BCUT2D eigenvalue weighted by atomic mass is 32.1. The fourth-order valence-corrected chi connectivity index (χ4v) is 3.94. The van der Waals surface area contributed by atoms with Crippen LogP contribution in [0.1, 0.15) is 57.3 Å². The first-order valence-corrected chi connectivity index (χ1v) is 8.58. The van der Waals surface area contributed by atoms with Gasteiger partial charge in [0.25, 0.3) is 5.91 Å². The van der Waals surface area contributed by atoms with E-state index in [1.54, 1.807) is 0 Å². The molecule has 1 amide bonds. The fourth-order valence-electron chi connectivity index (χ4n) is 3.05. The van der Waals surface area contributed by atoms with Gasteiger partial charge in [-0.05, 0) is 33.1 Å². The Hall–Kier alpha value is -1.76. The van der Waals surface area contributed by atoms with E-state index in [1.165, 1.54) is 24.2 Å². The number of amides is 1. The monoisotopic (exact) mass is 317 g/mol. The van der Waals surface area contributed by atoms with E-state index in [9.17, 15) is 4.79 Å². The van der Waals surface area contributed by atoms with Crippen molar-refractivity contribution in [2.75, 3.05) is 13.1 Å². The third kappa shape index (κ3) is 2.43. The predicted octanol–water partition coefficient (Wildman–Crippen LogP) is 2.32. The zero-order valence-electron chi connectivity index (χ0n) is 12.8. The van der Waals surface area contributed by atoms with Crippen molar-refractivity contribution in [1.82, 2.24) is 24.9 Å². The number of nitrogens with zero attached hydrogens (tertiary/aromatic N) is 5. The number of carbonyl (C=O) groups excluding carboxylic acids is 1. The van der Waals surface area contributed by atoms with E-state index in [0.717, 1.165) is 34.2 Å². The minimum atomic E-state index is 0.105. The number of aryl methyl sites for hydroxylation is 2. The summed E-state index contributed by atoms with van der Waals surface area (Å²) < 4.78 is 1.95. The van der Waals surface area contributed by atoms with E-state index in [0.29, 0.717) is 12.5 Å². The highest BCUT2D eigenvalue weighted by molar-refractivity contribution is 7.13. The molecule has 6 nitrogen and oxygen atoms in total. The van der Waals surface area contributed by atoms with Crippen LogP contribution in [0.5, 0.6) is 0 Å². The van der Waals surface area contributed by atoms with Crippen molar-refractivity contribution in [3.63, 3.8) is 0 Å². The summed E-state index contributed by atoms with van der Waals surface area (Å²) >= 11 is 1.49. The minimum absolute atomic E-state index is 0.105. The van der Waals surface area contributed by atoms with Crippen molar-refractivity contribution < 1.29 is 4.79 Å². The van der Waals surface area contributed by atoms with Crippen LogP contribution in [-0.2, 0) is 0 Å². The SMILES string of the molecule is Cc1nc(C)c(C(=O)N2CCC(n3cc(C4CC4)nn3)C2)s1. The topological polar surface area (TPSA) is 63.9 Å². The van der Waals surface area contributed by atoms with Gasteiger partial charge in [-0.25, -0.2) is 9.67 Å². The van der Waals surface area contributed by atoms with Crippen molar-refractivity contribution in [2.45, 2.75) is 45.1 Å². The zero-order chi connectivity index (χ0) is 15.3. The molecule has 2 aliphatic rings. The van der Waals surface area contributed by atoms with E-state index in [1.807, 2.05) is 23.4 Å². The van der Waals surface area contributed by atoms with Crippen LogP contribution in [0.3, 0.4) is 0 Å². The van der Waals surface area contributed by atoms with Gasteiger partial charge in [-0.2, -0.15) is 0 Å². The van der Waals surface area contributed by atoms with Crippen molar-refractivity contribution in [1.29, 1.82) is 0 Å². The van der Waals surface area contributed by atoms with Crippen LogP contribution in [0.4, 0.5) is 0 Å². The Morgan fingerprint density at radius 3 is 2.82 bits per heavy atom. The van der Waals surface area contributed by atoms with Crippen LogP contribution < -0.4 is 0 Å². The van der Waals surface area contributed by atoms with Gasteiger partial charge in [-0.1, -0.05) is 5.21 Å². The molecule has 4 rings (SSSR count). The van der Waals surface area contributed by atoms with Gasteiger partial charge in [0.1, 0.15) is 4.88 Å². The molecule has 7 heteroatoms. The van der Waals surface area contributed by atoms with Gasteiger partial charge in [-0.3, -0.25) is 4.79 Å². The molecule has 1 atom stereocenters. The lowest BCUT2D eigenvalue weighted by Gasteiger charge is -2.15. The molecule has 0 radical (unpaired) electrons. The predicted molar refractivity (Wildman–Crippen MR) is 83.1 cm³/mol. The molecule has 2 fully saturated rings. The Kier molecular flexibility index (Phi) is 3.25. The van der Waals surface area contributed by atoms with E-state index in [-0.39, 0.29) is 11.9 Å². The lowest BCUT2D eigenvalue weighted by Crippen LogP contribution is -2.29. The molecular weight excluding hydrogens is 298 g/mol. The Morgan fingerprint density at radius 1 is 1.32 bits per heavy atom. The van der Waals surface area contributed by atoms with Gasteiger partial charge in [0, 0.05) is 25.2 Å². The van der Waals surface area contributed by atoms with Gasteiger partial charge >= 0.3 is 0 Å². The second-order valence-electron chi connectivity index (χ2n) is 6.24. The summed E-state index contributed by atoms with van der Waals surface area (Å²) in [5, 5.41) is 9.48. The first-order valence-electron chi connectivity index (χ1n) is 7.77. The molecule has 1 aliphatic carbocycles. The lowest BCUT2D eigenvalue weighted by atomic mass is 10.2. The first-order chi connectivity index (χ1) is 10.6. The molecule has 1 unspecified atom stereocenters. The highest BCUT2D eigenvalue weighted by Gasteiger charge is 2.32. The molecule has 3 heterocycles. The smallest absolute Gasteiger partial charge is 0.265 e. The second kappa shape index (κ2) is 5.15. The summed E-state index contributed by atoms with van der Waals surface area (Å²) in [6.07, 6.45) is 5.48. The molecule has 1 aliphatic heterocycles. The Bertz CT molecular complexity index is 717. The maximum atomic E-state index is 12.6. The molecule has 2 aromatic rings. The van der Waals surface area contributed by atoms with Crippen LogP contribution in [0.15, 0.2) is 6.20 Å². The molecule has 0 bridgehead atoms. The summed E-state index contributed by atoms with van der Waals surface area (Å²) in [4.78, 5) is 19.7. The fraction of sp³-hybridized carbons (Fsp3) is 0.600. The number of carbonyl (C=O) groups is 1. The van der Waals surface area contributed by atoms with E-state index in [4.69, 9.17) is 0 Å². The largest absolute Gasteiger partial charge is 0.336 e. The molecule has 0 spiro atoms. The van der Waals surface area contributed by atoms with Gasteiger partial charge in [0.2, 0.25) is 0 Å². The van der Waals surface area contributed by atoms with E-state index in [2.05, 4.69) is 21.5 Å². The molecule has 2 aromatic heterocycles. The first kappa shape index (κ1) is 13.9. The number of thiazole rings is 1. The van der Waals surface area contributed by atoms with Gasteiger partial charge < -0.3 is 4.90 Å². The number of rotatable bonds is 3. The normalized spacial score (nSPS) is 21.5. The summed E-state index contributed by atoms with van der Waals surface area (Å²) in [5.74, 6) is 0.726. The maximum absolute atomic E-state index is 12.6. The van der Waals surface area contributed by atoms with Gasteiger partial charge in [0.05, 0.1) is 22.4 Å². The van der Waals surface area contributed by atoms with Crippen LogP contribution >= 0.6 is 11.3 Å². The summed E-state index contributed by atoms with van der Waals surface area (Å²) in [7, 11) is 0. The lowest BCUT2D eigenvalue weighted by molar-refractivity contribution is 0.0791. The Morgan fingerprint density at radius 2 is 2.14 bits per heavy atom. The molecular formula is C15H19N5OS. The standard InChI is InChI=1S/C15H19N5OS/c1-9-14(22-10(2)16-9)15(21)19-6-5-12(7-19)20-8-13(17-18-20)11-3-4-11/h8,11-12H,3-7H2,1-2H3. The van der Waals surface area contributed by atoms with Crippen molar-refractivity contribution >= 4 is 17.2 Å². The molecule has 22 heavy (non-hydrogen) atoms. The van der Waals surface area contributed by atoms with Crippen molar-refractivity contribution in [3.8, 4) is 0 Å². The molecule has 0 N–H and O–H groups in total. The van der Waals surface area contributed by atoms with Gasteiger partial charge in [0.15, 0.2) is 0 Å². The zero-order valence-corrected chi connectivity index (χ0v) is 13.6. The quantitative estimate of drug-likeness (QED) is 0.871. The molecule has 116 valence electrons. The molecule has 1 saturated heterocycles. The van der Waals surface area contributed by atoms with E-state index < -0.39 is 0 Å². The minimum Gasteiger partial charge on any atom is -0.336 e. The second-order valence-corrected chi connectivity index (χ2v) is 7.44. The van der Waals surface area contributed by atoms with Crippen LogP contribution in [0, 0.1) is 13.8 Å². The maximum Gasteiger partial charge on any atom is 0.265 e. The molecule has 1 saturated carbocycles. The summed E-state index contributed by atoms with van der Waals surface area (Å²) in [5.41, 5.74) is 1.95. The number of hydrogen-bond acceptors (Lipinski definition) is 5. The summed E-state index contributed by atoms with van der Waals surface area (Å²) in [6.45, 7) is 5.33. The average molecular weight is 317 g/mol. The van der Waals surface area contributed by atoms with Crippen LogP contribution in [-0.4, -0.2) is 43.9 Å². The highest BCUT2D eigenvalue weighted by Crippen LogP contribution is 2.39. The van der Waals surface area contributed by atoms with Crippen molar-refractivity contribution in [3.05, 3.63) is 27.5 Å². The van der Waals surface area contributed by atoms with Crippen molar-refractivity contribution in [2.24, 2.45) is 0 Å². The number of aromatic nitrogens is 4. The van der Waals surface area contributed by atoms with Gasteiger partial charge in [-0.15, -0.1) is 16.4 Å². The Labute approximate surface area is 133 Å².